The van der Waals surface area contributed by atoms with Gasteiger partial charge in [-0.25, -0.2) is 13.4 Å². The van der Waals surface area contributed by atoms with E-state index in [9.17, 15) is 13.5 Å². The number of ether oxygens (including phenoxy) is 1. The molecule has 3 heterocycles. The molecule has 3 aromatic rings. The molecule has 2 aromatic carbocycles. The number of imidazole rings is 1. The molecule has 1 saturated heterocycles. The highest BCUT2D eigenvalue weighted by Crippen LogP contribution is 2.47. The third-order valence-electron chi connectivity index (χ3n) is 6.76. The lowest BCUT2D eigenvalue weighted by Crippen LogP contribution is -2.52. The van der Waals surface area contributed by atoms with Gasteiger partial charge in [-0.1, -0.05) is 29.6 Å². The fraction of sp³-hybridized carbons (Fsp3) is 0.400. The fourth-order valence-corrected chi connectivity index (χ4v) is 6.74. The Balaban J connectivity index is 1.63. The number of H-pyrrole nitrogens is 1. The number of aliphatic hydroxyl groups is 1. The summed E-state index contributed by atoms with van der Waals surface area (Å²) in [5.41, 5.74) is 1.28. The number of hydrogen-bond donors (Lipinski definition) is 2. The largest absolute Gasteiger partial charge is 0.469 e. The molecule has 0 spiro atoms. The highest BCUT2D eigenvalue weighted by molar-refractivity contribution is 7.89. The molecule has 0 aliphatic carbocycles. The monoisotopic (exact) mass is 550 g/mol. The molecule has 11 heteroatoms. The number of nitrogens with one attached hydrogen (secondary N) is 1. The predicted octanol–water partition coefficient (Wildman–Crippen LogP) is 4.69. The molecule has 0 radical (unpaired) electrons. The number of fused-ring (bicyclic) bond motifs is 1. The number of alkyl halides is 1. The number of nitrogens with zero attached hydrogens (tertiary/aromatic N) is 3. The highest BCUT2D eigenvalue weighted by Gasteiger charge is 2.48. The van der Waals surface area contributed by atoms with Gasteiger partial charge in [0.25, 0.3) is 0 Å². The van der Waals surface area contributed by atoms with Crippen molar-refractivity contribution in [2.24, 2.45) is 0 Å². The third-order valence-corrected chi connectivity index (χ3v) is 9.21. The number of hydrogen-bond acceptors (Lipinski definition) is 6. The zero-order valence-corrected chi connectivity index (χ0v) is 22.1. The number of rotatable bonds is 6. The molecule has 1 aromatic heterocycles. The van der Waals surface area contributed by atoms with Crippen LogP contribution in [0.4, 0.5) is 5.69 Å². The molecule has 8 nitrogen and oxygen atoms in total. The second-order valence-electron chi connectivity index (χ2n) is 9.28. The molecule has 5 rings (SSSR count). The van der Waals surface area contributed by atoms with Crippen LogP contribution in [0.1, 0.15) is 43.6 Å². The van der Waals surface area contributed by atoms with Gasteiger partial charge >= 0.3 is 0 Å². The molecule has 3 atom stereocenters. The number of aliphatic hydroxyl groups excluding tert-OH is 1. The second-order valence-corrected chi connectivity index (χ2v) is 12.4. The van der Waals surface area contributed by atoms with Crippen LogP contribution in [0, 0.1) is 0 Å². The van der Waals surface area contributed by atoms with Crippen molar-refractivity contribution in [3.63, 3.8) is 0 Å². The zero-order chi connectivity index (χ0) is 25.5. The Morgan fingerprint density at radius 3 is 2.58 bits per heavy atom. The number of anilines is 1. The van der Waals surface area contributed by atoms with E-state index in [2.05, 4.69) is 9.97 Å². The maximum Gasteiger partial charge on any atom is 0.243 e. The quantitative estimate of drug-likeness (QED) is 0.432. The molecule has 0 amide bonds. The summed E-state index contributed by atoms with van der Waals surface area (Å²) in [6.45, 7) is 2.89. The molecular weight excluding hydrogens is 523 g/mol. The van der Waals surface area contributed by atoms with Crippen LogP contribution < -0.4 is 9.64 Å². The normalized spacial score (nSPS) is 24.7. The van der Waals surface area contributed by atoms with E-state index in [1.165, 1.54) is 4.31 Å². The molecule has 36 heavy (non-hydrogen) atoms. The Hall–Kier alpha value is -2.30. The van der Waals surface area contributed by atoms with Crippen LogP contribution in [0.5, 0.6) is 5.75 Å². The summed E-state index contributed by atoms with van der Waals surface area (Å²) in [5.74, 6) is 1.08. The van der Waals surface area contributed by atoms with E-state index in [0.29, 0.717) is 41.8 Å². The molecule has 1 fully saturated rings. The molecule has 2 N–H and O–H groups in total. The highest BCUT2D eigenvalue weighted by atomic mass is 35.5. The minimum absolute atomic E-state index is 0.163. The third kappa shape index (κ3) is 4.82. The molecule has 2 aliphatic heterocycles. The predicted molar refractivity (Wildman–Crippen MR) is 139 cm³/mol. The van der Waals surface area contributed by atoms with Crippen LogP contribution >= 0.6 is 23.2 Å². The van der Waals surface area contributed by atoms with Crippen LogP contribution in [0.25, 0.3) is 0 Å². The number of halogens is 2. The van der Waals surface area contributed by atoms with E-state index in [0.717, 1.165) is 24.9 Å². The van der Waals surface area contributed by atoms with Crippen LogP contribution in [-0.2, 0) is 16.6 Å². The summed E-state index contributed by atoms with van der Waals surface area (Å²) in [6.07, 6.45) is 4.87. The Labute approximate surface area is 220 Å². The lowest BCUT2D eigenvalue weighted by molar-refractivity contribution is -0.0177. The standard InChI is InChI=1S/C25H28Cl2N4O4S/c1-25(27)24(32)23(31(16-22-28-11-12-29-22)18-7-5-17(26)6-8-18)20-15-19(9-10-21(20)35-25)36(33,34)30-13-3-2-4-14-30/h5-12,15,23-24,32H,2-4,13-14,16H2,1H3,(H,28,29)/t23-,24+,25?/m1/s1. The summed E-state index contributed by atoms with van der Waals surface area (Å²) < 4.78 is 34.4. The van der Waals surface area contributed by atoms with Gasteiger partial charge in [-0.2, -0.15) is 4.31 Å². The Morgan fingerprint density at radius 1 is 1.19 bits per heavy atom. The Kier molecular flexibility index (Phi) is 6.95. The fourth-order valence-electron chi connectivity index (χ4n) is 4.86. The van der Waals surface area contributed by atoms with Gasteiger partial charge in [-0.05, 0) is 62.2 Å². The SMILES string of the molecule is CC1(Cl)Oc2ccc(S(=O)(=O)N3CCCCC3)cc2[C@@H](N(Cc2ncc[nH]2)c2ccc(Cl)cc2)[C@@H]1O. The molecule has 192 valence electrons. The van der Waals surface area contributed by atoms with Crippen LogP contribution in [0.2, 0.25) is 5.02 Å². The van der Waals surface area contributed by atoms with Gasteiger partial charge in [0.15, 0.2) is 0 Å². The van der Waals surface area contributed by atoms with Gasteiger partial charge in [0.1, 0.15) is 17.7 Å². The van der Waals surface area contributed by atoms with E-state index in [4.69, 9.17) is 27.9 Å². The maximum absolute atomic E-state index is 13.5. The summed E-state index contributed by atoms with van der Waals surface area (Å²) >= 11 is 12.8. The molecule has 1 unspecified atom stereocenters. The lowest BCUT2D eigenvalue weighted by Gasteiger charge is -2.45. The maximum atomic E-state index is 13.5. The topological polar surface area (TPSA) is 98.8 Å². The van der Waals surface area contributed by atoms with Crippen LogP contribution in [0.3, 0.4) is 0 Å². The van der Waals surface area contributed by atoms with Gasteiger partial charge in [0.05, 0.1) is 17.5 Å². The van der Waals surface area contributed by atoms with Crippen molar-refractivity contribution >= 4 is 38.9 Å². The lowest BCUT2D eigenvalue weighted by atomic mass is 9.91. The van der Waals surface area contributed by atoms with Gasteiger partial charge in [-0.3, -0.25) is 0 Å². The second kappa shape index (κ2) is 9.87. The molecule has 0 bridgehead atoms. The van der Waals surface area contributed by atoms with Gasteiger partial charge in [-0.15, -0.1) is 0 Å². The van der Waals surface area contributed by atoms with E-state index in [1.54, 1.807) is 49.6 Å². The minimum atomic E-state index is -3.70. The van der Waals surface area contributed by atoms with Crippen molar-refractivity contribution in [2.45, 2.75) is 54.8 Å². The number of sulfonamides is 1. The first-order valence-corrected chi connectivity index (χ1v) is 14.1. The first-order valence-electron chi connectivity index (χ1n) is 11.9. The Morgan fingerprint density at radius 2 is 1.92 bits per heavy atom. The van der Waals surface area contributed by atoms with Crippen molar-refractivity contribution in [1.82, 2.24) is 14.3 Å². The smallest absolute Gasteiger partial charge is 0.243 e. The zero-order valence-electron chi connectivity index (χ0n) is 19.8. The van der Waals surface area contributed by atoms with Crippen molar-refractivity contribution < 1.29 is 18.3 Å². The summed E-state index contributed by atoms with van der Waals surface area (Å²) in [4.78, 5) is 9.55. The number of aromatic nitrogens is 2. The van der Waals surface area contributed by atoms with E-state index >= 15 is 0 Å². The van der Waals surface area contributed by atoms with Gasteiger partial charge < -0.3 is 19.7 Å². The van der Waals surface area contributed by atoms with Crippen molar-refractivity contribution in [3.05, 3.63) is 71.3 Å². The summed E-state index contributed by atoms with van der Waals surface area (Å²) in [5, 5.41) is 10.6. The van der Waals surface area contributed by atoms with Crippen LogP contribution in [-0.4, -0.2) is 52.1 Å². The molecular formula is C25H28Cl2N4O4S. The number of benzene rings is 2. The average molecular weight is 551 g/mol. The molecule has 2 aliphatic rings. The minimum Gasteiger partial charge on any atom is -0.469 e. The van der Waals surface area contributed by atoms with Crippen molar-refractivity contribution in [2.75, 3.05) is 18.0 Å². The summed E-state index contributed by atoms with van der Waals surface area (Å²) in [7, 11) is -3.70. The van der Waals surface area contributed by atoms with Crippen LogP contribution in [0.15, 0.2) is 59.8 Å². The first kappa shape index (κ1) is 25.4. The van der Waals surface area contributed by atoms with E-state index in [1.807, 2.05) is 17.0 Å². The van der Waals surface area contributed by atoms with Gasteiger partial charge in [0.2, 0.25) is 15.1 Å². The first-order chi connectivity index (χ1) is 17.2. The van der Waals surface area contributed by atoms with Gasteiger partial charge in [0, 0.05) is 41.8 Å². The summed E-state index contributed by atoms with van der Waals surface area (Å²) in [6, 6.07) is 11.2. The van der Waals surface area contributed by atoms with Crippen molar-refractivity contribution in [3.8, 4) is 5.75 Å². The average Bonchev–Trinajstić information content (AvgIpc) is 3.38. The Bertz CT molecular complexity index is 1310. The van der Waals surface area contributed by atoms with Crippen molar-refractivity contribution in [1.29, 1.82) is 0 Å². The number of aromatic amines is 1. The van der Waals surface area contributed by atoms with E-state index < -0.39 is 27.2 Å². The van der Waals surface area contributed by atoms with E-state index in [-0.39, 0.29) is 4.90 Å². The number of piperidine rings is 1. The molecule has 0 saturated carbocycles.